The summed E-state index contributed by atoms with van der Waals surface area (Å²) in [6.45, 7) is 1.23. The molecule has 2 amide bonds. The standard InChI is InChI=1S/C14H21N3O2/c1-15-9-8-13(18)17(3)10-11-4-6-12(7-5-11)14(19)16-2/h4-7,15H,8-10H2,1-3H3,(H,16,19). The zero-order chi connectivity index (χ0) is 14.3. The number of nitrogens with one attached hydrogen (secondary N) is 2. The molecule has 0 bridgehead atoms. The molecule has 1 aromatic rings. The van der Waals surface area contributed by atoms with E-state index in [0.29, 0.717) is 25.1 Å². The number of carbonyl (C=O) groups excluding carboxylic acids is 2. The summed E-state index contributed by atoms with van der Waals surface area (Å²) in [5.74, 6) is -0.00488. The lowest BCUT2D eigenvalue weighted by Crippen LogP contribution is -2.28. The highest BCUT2D eigenvalue weighted by Crippen LogP contribution is 2.07. The fourth-order valence-corrected chi connectivity index (χ4v) is 1.69. The molecule has 0 fully saturated rings. The van der Waals surface area contributed by atoms with E-state index in [4.69, 9.17) is 0 Å². The first-order valence-electron chi connectivity index (χ1n) is 6.28. The van der Waals surface area contributed by atoms with Crippen LogP contribution in [0.15, 0.2) is 24.3 Å². The molecule has 0 saturated heterocycles. The Hall–Kier alpha value is -1.88. The van der Waals surface area contributed by atoms with Gasteiger partial charge in [-0.2, -0.15) is 0 Å². The molecular formula is C14H21N3O2. The number of carbonyl (C=O) groups is 2. The van der Waals surface area contributed by atoms with Gasteiger partial charge >= 0.3 is 0 Å². The number of hydrogen-bond donors (Lipinski definition) is 2. The van der Waals surface area contributed by atoms with Gasteiger partial charge in [-0.25, -0.2) is 0 Å². The van der Waals surface area contributed by atoms with E-state index in [1.165, 1.54) is 0 Å². The van der Waals surface area contributed by atoms with E-state index in [2.05, 4.69) is 10.6 Å². The summed E-state index contributed by atoms with van der Waals surface area (Å²) in [6.07, 6.45) is 0.489. The predicted molar refractivity (Wildman–Crippen MR) is 74.8 cm³/mol. The van der Waals surface area contributed by atoms with Crippen molar-refractivity contribution in [2.24, 2.45) is 0 Å². The lowest BCUT2D eigenvalue weighted by Gasteiger charge is -2.17. The summed E-state index contributed by atoms with van der Waals surface area (Å²) in [6, 6.07) is 7.26. The minimum Gasteiger partial charge on any atom is -0.355 e. The van der Waals surface area contributed by atoms with E-state index >= 15 is 0 Å². The fourth-order valence-electron chi connectivity index (χ4n) is 1.69. The van der Waals surface area contributed by atoms with Crippen LogP contribution >= 0.6 is 0 Å². The van der Waals surface area contributed by atoms with Gasteiger partial charge < -0.3 is 15.5 Å². The van der Waals surface area contributed by atoms with Crippen molar-refractivity contribution in [2.45, 2.75) is 13.0 Å². The first-order chi connectivity index (χ1) is 9.08. The summed E-state index contributed by atoms with van der Waals surface area (Å²) < 4.78 is 0. The number of amides is 2. The van der Waals surface area contributed by atoms with Crippen LogP contribution in [0, 0.1) is 0 Å². The molecule has 0 atom stereocenters. The second-order valence-corrected chi connectivity index (χ2v) is 4.38. The Morgan fingerprint density at radius 2 is 1.79 bits per heavy atom. The Morgan fingerprint density at radius 1 is 1.16 bits per heavy atom. The SMILES string of the molecule is CNCCC(=O)N(C)Cc1ccc(C(=O)NC)cc1. The number of hydrogen-bond acceptors (Lipinski definition) is 3. The van der Waals surface area contributed by atoms with Gasteiger partial charge in [0.05, 0.1) is 0 Å². The molecule has 0 aromatic heterocycles. The molecular weight excluding hydrogens is 242 g/mol. The highest BCUT2D eigenvalue weighted by Gasteiger charge is 2.09. The van der Waals surface area contributed by atoms with Crippen LogP contribution in [-0.4, -0.2) is 44.4 Å². The number of nitrogens with zero attached hydrogens (tertiary/aromatic N) is 1. The molecule has 0 aliphatic carbocycles. The highest BCUT2D eigenvalue weighted by atomic mass is 16.2. The van der Waals surface area contributed by atoms with Gasteiger partial charge in [0, 0.05) is 39.2 Å². The van der Waals surface area contributed by atoms with Crippen LogP contribution in [-0.2, 0) is 11.3 Å². The average molecular weight is 263 g/mol. The van der Waals surface area contributed by atoms with Gasteiger partial charge in [-0.3, -0.25) is 9.59 Å². The molecule has 19 heavy (non-hydrogen) atoms. The summed E-state index contributed by atoms with van der Waals surface area (Å²) in [5.41, 5.74) is 1.63. The van der Waals surface area contributed by atoms with Crippen molar-refractivity contribution in [3.8, 4) is 0 Å². The summed E-state index contributed by atoms with van der Waals surface area (Å²) >= 11 is 0. The minimum atomic E-state index is -0.106. The van der Waals surface area contributed by atoms with E-state index in [9.17, 15) is 9.59 Å². The quantitative estimate of drug-likeness (QED) is 0.790. The van der Waals surface area contributed by atoms with Crippen molar-refractivity contribution >= 4 is 11.8 Å². The maximum absolute atomic E-state index is 11.7. The smallest absolute Gasteiger partial charge is 0.251 e. The second kappa shape index (κ2) is 7.53. The Bertz CT molecular complexity index is 429. The van der Waals surface area contributed by atoms with Crippen molar-refractivity contribution in [1.82, 2.24) is 15.5 Å². The van der Waals surface area contributed by atoms with E-state index in [1.807, 2.05) is 19.2 Å². The lowest BCUT2D eigenvalue weighted by molar-refractivity contribution is -0.130. The summed E-state index contributed by atoms with van der Waals surface area (Å²) in [7, 11) is 5.21. The van der Waals surface area contributed by atoms with Gasteiger partial charge in [-0.15, -0.1) is 0 Å². The molecule has 5 nitrogen and oxygen atoms in total. The maximum atomic E-state index is 11.7. The van der Waals surface area contributed by atoms with E-state index < -0.39 is 0 Å². The molecule has 0 spiro atoms. The van der Waals surface area contributed by atoms with Crippen molar-refractivity contribution in [2.75, 3.05) is 27.7 Å². The Labute approximate surface area is 114 Å². The van der Waals surface area contributed by atoms with Crippen molar-refractivity contribution < 1.29 is 9.59 Å². The van der Waals surface area contributed by atoms with Gasteiger partial charge in [-0.1, -0.05) is 12.1 Å². The van der Waals surface area contributed by atoms with E-state index in [-0.39, 0.29) is 11.8 Å². The Kier molecular flexibility index (Phi) is 6.02. The zero-order valence-electron chi connectivity index (χ0n) is 11.7. The maximum Gasteiger partial charge on any atom is 0.251 e. The molecule has 104 valence electrons. The van der Waals surface area contributed by atoms with Gasteiger partial charge in [-0.05, 0) is 24.7 Å². The van der Waals surface area contributed by atoms with Crippen LogP contribution in [0.25, 0.3) is 0 Å². The topological polar surface area (TPSA) is 61.4 Å². The van der Waals surface area contributed by atoms with Crippen molar-refractivity contribution in [3.63, 3.8) is 0 Å². The van der Waals surface area contributed by atoms with Crippen LogP contribution in [0.3, 0.4) is 0 Å². The Balaban J connectivity index is 2.57. The minimum absolute atomic E-state index is 0.102. The highest BCUT2D eigenvalue weighted by molar-refractivity contribution is 5.93. The third-order valence-electron chi connectivity index (χ3n) is 2.88. The zero-order valence-corrected chi connectivity index (χ0v) is 11.7. The largest absolute Gasteiger partial charge is 0.355 e. The van der Waals surface area contributed by atoms with Crippen LogP contribution < -0.4 is 10.6 Å². The first-order valence-corrected chi connectivity index (χ1v) is 6.28. The molecule has 0 aliphatic heterocycles. The van der Waals surface area contributed by atoms with Crippen LogP contribution in [0.1, 0.15) is 22.3 Å². The average Bonchev–Trinajstić information content (AvgIpc) is 2.44. The summed E-state index contributed by atoms with van der Waals surface area (Å²) in [5, 5.41) is 5.52. The molecule has 0 unspecified atom stereocenters. The van der Waals surface area contributed by atoms with Crippen molar-refractivity contribution in [1.29, 1.82) is 0 Å². The molecule has 0 saturated carbocycles. The molecule has 0 heterocycles. The van der Waals surface area contributed by atoms with Crippen molar-refractivity contribution in [3.05, 3.63) is 35.4 Å². The number of rotatable bonds is 6. The fraction of sp³-hybridized carbons (Fsp3) is 0.429. The van der Waals surface area contributed by atoms with E-state index in [1.54, 1.807) is 31.1 Å². The third-order valence-corrected chi connectivity index (χ3v) is 2.88. The predicted octanol–water partition coefficient (Wildman–Crippen LogP) is 0.614. The normalized spacial score (nSPS) is 10.1. The Morgan fingerprint density at radius 3 is 2.32 bits per heavy atom. The van der Waals surface area contributed by atoms with E-state index in [0.717, 1.165) is 5.56 Å². The third kappa shape index (κ3) is 4.71. The van der Waals surface area contributed by atoms with Gasteiger partial charge in [0.1, 0.15) is 0 Å². The summed E-state index contributed by atoms with van der Waals surface area (Å²) in [4.78, 5) is 24.8. The second-order valence-electron chi connectivity index (χ2n) is 4.38. The monoisotopic (exact) mass is 263 g/mol. The lowest BCUT2D eigenvalue weighted by atomic mass is 10.1. The number of benzene rings is 1. The molecule has 1 aromatic carbocycles. The molecule has 2 N–H and O–H groups in total. The molecule has 1 rings (SSSR count). The van der Waals surface area contributed by atoms with Gasteiger partial charge in [0.2, 0.25) is 5.91 Å². The molecule has 0 aliphatic rings. The van der Waals surface area contributed by atoms with Crippen LogP contribution in [0.4, 0.5) is 0 Å². The molecule has 0 radical (unpaired) electrons. The van der Waals surface area contributed by atoms with Gasteiger partial charge in [0.15, 0.2) is 0 Å². The van der Waals surface area contributed by atoms with Crippen LogP contribution in [0.5, 0.6) is 0 Å². The molecule has 5 heteroatoms. The first kappa shape index (κ1) is 15.2. The van der Waals surface area contributed by atoms with Crippen LogP contribution in [0.2, 0.25) is 0 Å². The van der Waals surface area contributed by atoms with Gasteiger partial charge in [0.25, 0.3) is 5.91 Å².